The van der Waals surface area contributed by atoms with Gasteiger partial charge in [0.15, 0.2) is 0 Å². The maximum absolute atomic E-state index is 5.85. The highest BCUT2D eigenvalue weighted by atomic mass is 32.2. The number of hydrogen-bond donors (Lipinski definition) is 1. The standard InChI is InChI=1S/C11H17NS/c1-3-10(12)8-13-11-7-5-4-6-9(11)2/h4-7,10H,3,8,12H2,1-2H3/t10-/m0/s1. The lowest BCUT2D eigenvalue weighted by molar-refractivity contribution is 0.725. The van der Waals surface area contributed by atoms with Crippen molar-refractivity contribution in [2.45, 2.75) is 31.2 Å². The molecule has 0 heterocycles. The van der Waals surface area contributed by atoms with Crippen LogP contribution >= 0.6 is 11.8 Å². The number of aryl methyl sites for hydroxylation is 1. The Labute approximate surface area is 84.7 Å². The Bertz CT molecular complexity index is 260. The minimum atomic E-state index is 0.324. The van der Waals surface area contributed by atoms with E-state index in [9.17, 15) is 0 Å². The molecule has 0 spiro atoms. The van der Waals surface area contributed by atoms with Gasteiger partial charge in [-0.2, -0.15) is 0 Å². The lowest BCUT2D eigenvalue weighted by Crippen LogP contribution is -2.21. The van der Waals surface area contributed by atoms with Crippen LogP contribution in [0, 0.1) is 6.92 Å². The van der Waals surface area contributed by atoms with E-state index in [2.05, 4.69) is 38.1 Å². The predicted octanol–water partition coefficient (Wildman–Crippen LogP) is 2.82. The molecule has 0 aliphatic carbocycles. The van der Waals surface area contributed by atoms with Crippen LogP contribution in [0.4, 0.5) is 0 Å². The second-order valence-corrected chi connectivity index (χ2v) is 4.31. The molecule has 2 N–H and O–H groups in total. The highest BCUT2D eigenvalue weighted by Gasteiger charge is 2.01. The zero-order valence-electron chi connectivity index (χ0n) is 8.29. The second kappa shape index (κ2) is 5.30. The first-order valence-corrected chi connectivity index (χ1v) is 5.66. The molecule has 0 aromatic heterocycles. The average molecular weight is 195 g/mol. The summed E-state index contributed by atoms with van der Waals surface area (Å²) < 4.78 is 0. The van der Waals surface area contributed by atoms with E-state index >= 15 is 0 Å². The monoisotopic (exact) mass is 195 g/mol. The number of rotatable bonds is 4. The summed E-state index contributed by atoms with van der Waals surface area (Å²) in [7, 11) is 0. The summed E-state index contributed by atoms with van der Waals surface area (Å²) in [6.45, 7) is 4.27. The first-order chi connectivity index (χ1) is 6.24. The molecule has 0 saturated heterocycles. The van der Waals surface area contributed by atoms with Crippen molar-refractivity contribution in [1.82, 2.24) is 0 Å². The molecule has 0 unspecified atom stereocenters. The molecule has 0 amide bonds. The number of nitrogens with two attached hydrogens (primary N) is 1. The van der Waals surface area contributed by atoms with Gasteiger partial charge < -0.3 is 5.73 Å². The zero-order valence-corrected chi connectivity index (χ0v) is 9.10. The van der Waals surface area contributed by atoms with Gasteiger partial charge in [0.25, 0.3) is 0 Å². The molecular weight excluding hydrogens is 178 g/mol. The van der Waals surface area contributed by atoms with E-state index in [1.165, 1.54) is 10.5 Å². The molecule has 0 aliphatic heterocycles. The molecule has 0 bridgehead atoms. The largest absolute Gasteiger partial charge is 0.327 e. The van der Waals surface area contributed by atoms with E-state index in [-0.39, 0.29) is 0 Å². The van der Waals surface area contributed by atoms with Crippen molar-refractivity contribution in [1.29, 1.82) is 0 Å². The van der Waals surface area contributed by atoms with E-state index in [0.717, 1.165) is 12.2 Å². The van der Waals surface area contributed by atoms with Gasteiger partial charge >= 0.3 is 0 Å². The first kappa shape index (κ1) is 10.6. The van der Waals surface area contributed by atoms with Crippen LogP contribution in [0.15, 0.2) is 29.2 Å². The van der Waals surface area contributed by atoms with E-state index < -0.39 is 0 Å². The van der Waals surface area contributed by atoms with Crippen molar-refractivity contribution in [2.75, 3.05) is 5.75 Å². The predicted molar refractivity (Wildman–Crippen MR) is 60.2 cm³/mol. The smallest absolute Gasteiger partial charge is 0.0132 e. The molecule has 1 atom stereocenters. The molecule has 0 fully saturated rings. The second-order valence-electron chi connectivity index (χ2n) is 3.24. The van der Waals surface area contributed by atoms with Crippen LogP contribution in [-0.2, 0) is 0 Å². The Morgan fingerprint density at radius 1 is 1.38 bits per heavy atom. The quantitative estimate of drug-likeness (QED) is 0.748. The van der Waals surface area contributed by atoms with Crippen LogP contribution < -0.4 is 5.73 Å². The molecule has 1 rings (SSSR count). The number of thioether (sulfide) groups is 1. The van der Waals surface area contributed by atoms with Crippen molar-refractivity contribution < 1.29 is 0 Å². The molecule has 72 valence electrons. The van der Waals surface area contributed by atoms with E-state index in [1.807, 2.05) is 11.8 Å². The molecule has 1 nitrogen and oxygen atoms in total. The summed E-state index contributed by atoms with van der Waals surface area (Å²) in [5.41, 5.74) is 7.19. The van der Waals surface area contributed by atoms with Gasteiger partial charge in [-0.1, -0.05) is 25.1 Å². The third-order valence-corrected chi connectivity index (χ3v) is 3.43. The van der Waals surface area contributed by atoms with Crippen molar-refractivity contribution in [3.8, 4) is 0 Å². The third kappa shape index (κ3) is 3.41. The van der Waals surface area contributed by atoms with Gasteiger partial charge in [-0.25, -0.2) is 0 Å². The van der Waals surface area contributed by atoms with Crippen LogP contribution in [0.1, 0.15) is 18.9 Å². The van der Waals surface area contributed by atoms with Crippen molar-refractivity contribution in [3.05, 3.63) is 29.8 Å². The molecule has 0 aliphatic rings. The van der Waals surface area contributed by atoms with Crippen LogP contribution in [0.5, 0.6) is 0 Å². The van der Waals surface area contributed by atoms with Crippen LogP contribution in [0.2, 0.25) is 0 Å². The van der Waals surface area contributed by atoms with Crippen molar-refractivity contribution in [3.63, 3.8) is 0 Å². The van der Waals surface area contributed by atoms with Crippen molar-refractivity contribution >= 4 is 11.8 Å². The molecular formula is C11H17NS. The van der Waals surface area contributed by atoms with Gasteiger partial charge in [0.05, 0.1) is 0 Å². The normalized spacial score (nSPS) is 12.8. The Kier molecular flexibility index (Phi) is 4.33. The van der Waals surface area contributed by atoms with Gasteiger partial charge in [-0.05, 0) is 25.0 Å². The summed E-state index contributed by atoms with van der Waals surface area (Å²) in [4.78, 5) is 1.35. The Hall–Kier alpha value is -0.470. The third-order valence-electron chi connectivity index (χ3n) is 2.07. The van der Waals surface area contributed by atoms with E-state index in [0.29, 0.717) is 6.04 Å². The maximum atomic E-state index is 5.85. The maximum Gasteiger partial charge on any atom is 0.0132 e. The Morgan fingerprint density at radius 2 is 2.08 bits per heavy atom. The number of hydrogen-bond acceptors (Lipinski definition) is 2. The van der Waals surface area contributed by atoms with Gasteiger partial charge in [0.1, 0.15) is 0 Å². The van der Waals surface area contributed by atoms with Gasteiger partial charge in [0, 0.05) is 16.7 Å². The van der Waals surface area contributed by atoms with Crippen LogP contribution in [-0.4, -0.2) is 11.8 Å². The molecule has 0 saturated carbocycles. The molecule has 1 aromatic rings. The fraction of sp³-hybridized carbons (Fsp3) is 0.455. The molecule has 2 heteroatoms. The fourth-order valence-corrected chi connectivity index (χ4v) is 2.13. The minimum absolute atomic E-state index is 0.324. The lowest BCUT2D eigenvalue weighted by Gasteiger charge is -2.09. The lowest BCUT2D eigenvalue weighted by atomic mass is 10.2. The minimum Gasteiger partial charge on any atom is -0.327 e. The van der Waals surface area contributed by atoms with Crippen LogP contribution in [0.3, 0.4) is 0 Å². The Balaban J connectivity index is 2.50. The van der Waals surface area contributed by atoms with Gasteiger partial charge in [-0.3, -0.25) is 0 Å². The fourth-order valence-electron chi connectivity index (χ4n) is 1.03. The highest BCUT2D eigenvalue weighted by molar-refractivity contribution is 7.99. The van der Waals surface area contributed by atoms with Gasteiger partial charge in [0.2, 0.25) is 0 Å². The summed E-state index contributed by atoms with van der Waals surface area (Å²) in [6.07, 6.45) is 1.05. The summed E-state index contributed by atoms with van der Waals surface area (Å²) in [5, 5.41) is 0. The first-order valence-electron chi connectivity index (χ1n) is 4.68. The van der Waals surface area contributed by atoms with Crippen molar-refractivity contribution in [2.24, 2.45) is 5.73 Å². The van der Waals surface area contributed by atoms with Crippen LogP contribution in [0.25, 0.3) is 0 Å². The SMILES string of the molecule is CC[C@H](N)CSc1ccccc1C. The number of benzene rings is 1. The molecule has 1 aromatic carbocycles. The topological polar surface area (TPSA) is 26.0 Å². The van der Waals surface area contributed by atoms with E-state index in [4.69, 9.17) is 5.73 Å². The molecule has 0 radical (unpaired) electrons. The zero-order chi connectivity index (χ0) is 9.68. The van der Waals surface area contributed by atoms with E-state index in [1.54, 1.807) is 0 Å². The average Bonchev–Trinajstić information content (AvgIpc) is 2.16. The summed E-state index contributed by atoms with van der Waals surface area (Å²) >= 11 is 1.85. The summed E-state index contributed by atoms with van der Waals surface area (Å²) in [5.74, 6) is 1.02. The Morgan fingerprint density at radius 3 is 2.69 bits per heavy atom. The molecule has 13 heavy (non-hydrogen) atoms. The highest BCUT2D eigenvalue weighted by Crippen LogP contribution is 2.22. The summed E-state index contributed by atoms with van der Waals surface area (Å²) in [6, 6.07) is 8.76. The van der Waals surface area contributed by atoms with Gasteiger partial charge in [-0.15, -0.1) is 11.8 Å².